The molecule has 102 valence electrons. The molecule has 6 nitrogen and oxygen atoms in total. The second-order valence-electron chi connectivity index (χ2n) is 4.28. The largest absolute Gasteiger partial charge is 0.399 e. The van der Waals surface area contributed by atoms with Crippen LogP contribution in [0, 0.1) is 0 Å². The summed E-state index contributed by atoms with van der Waals surface area (Å²) in [6.45, 7) is 0.528. The van der Waals surface area contributed by atoms with Gasteiger partial charge in [-0.2, -0.15) is 0 Å². The maximum Gasteiger partial charge on any atom is 0.209 e. The number of nitrogens with two attached hydrogens (primary N) is 2. The van der Waals surface area contributed by atoms with Crippen molar-refractivity contribution in [2.45, 2.75) is 6.42 Å². The number of primary sulfonamides is 1. The Labute approximate surface area is 111 Å². The summed E-state index contributed by atoms with van der Waals surface area (Å²) in [6, 6.07) is 7.33. The van der Waals surface area contributed by atoms with Gasteiger partial charge >= 0.3 is 0 Å². The van der Waals surface area contributed by atoms with Gasteiger partial charge in [0.2, 0.25) is 10.0 Å². The van der Waals surface area contributed by atoms with E-state index < -0.39 is 10.0 Å². The molecular weight excluding hydrogens is 264 g/mol. The highest BCUT2D eigenvalue weighted by Gasteiger charge is 2.04. The molecule has 1 aromatic carbocycles. The van der Waals surface area contributed by atoms with Gasteiger partial charge in [-0.15, -0.1) is 0 Å². The molecule has 7 heteroatoms. The normalized spacial score (nSPS) is 11.6. The molecular formula is C12H16N4O2S. The van der Waals surface area contributed by atoms with Gasteiger partial charge in [0.25, 0.3) is 0 Å². The van der Waals surface area contributed by atoms with Crippen LogP contribution in [0.2, 0.25) is 0 Å². The van der Waals surface area contributed by atoms with Gasteiger partial charge in [0.05, 0.1) is 11.3 Å². The van der Waals surface area contributed by atoms with E-state index in [0.717, 1.165) is 16.6 Å². The third-order valence-corrected chi connectivity index (χ3v) is 3.55. The molecule has 0 spiro atoms. The minimum Gasteiger partial charge on any atom is -0.399 e. The molecule has 0 saturated heterocycles. The lowest BCUT2D eigenvalue weighted by Crippen LogP contribution is -2.18. The molecule has 0 radical (unpaired) electrons. The maximum atomic E-state index is 10.8. The summed E-state index contributed by atoms with van der Waals surface area (Å²) in [5.74, 6) is -0.0318. The number of fused-ring (bicyclic) bond motifs is 1. The highest BCUT2D eigenvalue weighted by molar-refractivity contribution is 7.89. The molecule has 19 heavy (non-hydrogen) atoms. The molecule has 0 unspecified atom stereocenters. The van der Waals surface area contributed by atoms with E-state index in [0.29, 0.717) is 18.7 Å². The maximum absolute atomic E-state index is 10.8. The van der Waals surface area contributed by atoms with Crippen LogP contribution >= 0.6 is 0 Å². The van der Waals surface area contributed by atoms with Crippen LogP contribution in [-0.4, -0.2) is 25.7 Å². The molecule has 0 saturated carbocycles. The van der Waals surface area contributed by atoms with Gasteiger partial charge in [-0.05, 0) is 30.7 Å². The fourth-order valence-corrected chi connectivity index (χ4v) is 2.36. The number of hydrogen-bond acceptors (Lipinski definition) is 5. The SMILES string of the molecule is Nc1ccc2c(NCCCS(N)(=O)=O)ccnc2c1. The molecule has 2 aromatic rings. The average Bonchev–Trinajstić information content (AvgIpc) is 2.33. The standard InChI is InChI=1S/C12H16N4O2S/c13-9-2-3-10-11(4-6-16-12(10)8-9)15-5-1-7-19(14,17)18/h2-4,6,8H,1,5,7,13H2,(H,15,16)(H2,14,17,18). The van der Waals surface area contributed by atoms with Crippen molar-refractivity contribution in [3.63, 3.8) is 0 Å². The molecule has 0 fully saturated rings. The van der Waals surface area contributed by atoms with Crippen LogP contribution in [0.4, 0.5) is 11.4 Å². The lowest BCUT2D eigenvalue weighted by molar-refractivity contribution is 0.596. The molecule has 1 heterocycles. The Morgan fingerprint density at radius 3 is 2.79 bits per heavy atom. The Bertz CT molecular complexity index is 685. The lowest BCUT2D eigenvalue weighted by Gasteiger charge is -2.09. The van der Waals surface area contributed by atoms with Crippen molar-refractivity contribution in [2.24, 2.45) is 5.14 Å². The van der Waals surface area contributed by atoms with E-state index in [4.69, 9.17) is 10.9 Å². The second kappa shape index (κ2) is 5.41. The average molecular weight is 280 g/mol. The Hall–Kier alpha value is -1.86. The van der Waals surface area contributed by atoms with Crippen LogP contribution in [0.1, 0.15) is 6.42 Å². The van der Waals surface area contributed by atoms with Gasteiger partial charge < -0.3 is 11.1 Å². The predicted molar refractivity (Wildman–Crippen MR) is 77.2 cm³/mol. The first-order valence-electron chi connectivity index (χ1n) is 5.84. The molecule has 0 amide bonds. The summed E-state index contributed by atoms with van der Waals surface area (Å²) in [6.07, 6.45) is 2.14. The second-order valence-corrected chi connectivity index (χ2v) is 6.02. The van der Waals surface area contributed by atoms with Crippen molar-refractivity contribution in [1.82, 2.24) is 4.98 Å². The van der Waals surface area contributed by atoms with Crippen LogP contribution in [0.15, 0.2) is 30.5 Å². The van der Waals surface area contributed by atoms with Crippen molar-refractivity contribution < 1.29 is 8.42 Å². The molecule has 0 aliphatic rings. The van der Waals surface area contributed by atoms with E-state index in [1.165, 1.54) is 0 Å². The Kier molecular flexibility index (Phi) is 3.87. The summed E-state index contributed by atoms with van der Waals surface area (Å²) >= 11 is 0. The van der Waals surface area contributed by atoms with Crippen molar-refractivity contribution in [1.29, 1.82) is 0 Å². The highest BCUT2D eigenvalue weighted by Crippen LogP contribution is 2.23. The zero-order chi connectivity index (χ0) is 13.9. The van der Waals surface area contributed by atoms with Crippen molar-refractivity contribution >= 4 is 32.3 Å². The monoisotopic (exact) mass is 280 g/mol. The Morgan fingerprint density at radius 1 is 1.26 bits per heavy atom. The van der Waals surface area contributed by atoms with E-state index in [1.54, 1.807) is 18.3 Å². The number of rotatable bonds is 5. The molecule has 0 aliphatic carbocycles. The minimum absolute atomic E-state index is 0.0318. The number of nitrogen functional groups attached to an aromatic ring is 1. The van der Waals surface area contributed by atoms with Crippen molar-refractivity contribution in [3.05, 3.63) is 30.5 Å². The van der Waals surface area contributed by atoms with Gasteiger partial charge in [-0.1, -0.05) is 0 Å². The zero-order valence-electron chi connectivity index (χ0n) is 10.3. The highest BCUT2D eigenvalue weighted by atomic mass is 32.2. The summed E-state index contributed by atoms with van der Waals surface area (Å²) in [7, 11) is -3.40. The number of aromatic nitrogens is 1. The Morgan fingerprint density at radius 2 is 2.05 bits per heavy atom. The van der Waals surface area contributed by atoms with E-state index in [2.05, 4.69) is 10.3 Å². The van der Waals surface area contributed by atoms with Crippen LogP contribution in [-0.2, 0) is 10.0 Å². The number of sulfonamides is 1. The summed E-state index contributed by atoms with van der Waals surface area (Å²) in [4.78, 5) is 4.23. The van der Waals surface area contributed by atoms with Crippen molar-refractivity contribution in [3.8, 4) is 0 Å². The summed E-state index contributed by atoms with van der Waals surface area (Å²) in [5.41, 5.74) is 8.07. The van der Waals surface area contributed by atoms with Crippen LogP contribution in [0.5, 0.6) is 0 Å². The zero-order valence-corrected chi connectivity index (χ0v) is 11.2. The summed E-state index contributed by atoms with van der Waals surface area (Å²) < 4.78 is 21.6. The van der Waals surface area contributed by atoms with E-state index in [-0.39, 0.29) is 5.75 Å². The number of benzene rings is 1. The Balaban J connectivity index is 2.09. The van der Waals surface area contributed by atoms with E-state index >= 15 is 0 Å². The van der Waals surface area contributed by atoms with E-state index in [1.807, 2.05) is 12.1 Å². The summed E-state index contributed by atoms with van der Waals surface area (Å²) in [5, 5.41) is 9.07. The van der Waals surface area contributed by atoms with Crippen LogP contribution < -0.4 is 16.2 Å². The number of nitrogens with zero attached hydrogens (tertiary/aromatic N) is 1. The molecule has 5 N–H and O–H groups in total. The molecule has 1 aromatic heterocycles. The number of anilines is 2. The fraction of sp³-hybridized carbons (Fsp3) is 0.250. The third kappa shape index (κ3) is 3.80. The van der Waals surface area contributed by atoms with Gasteiger partial charge in [0.15, 0.2) is 0 Å². The van der Waals surface area contributed by atoms with Crippen molar-refractivity contribution in [2.75, 3.05) is 23.3 Å². The van der Waals surface area contributed by atoms with Crippen LogP contribution in [0.3, 0.4) is 0 Å². The molecule has 2 rings (SSSR count). The quantitative estimate of drug-likeness (QED) is 0.557. The van der Waals surface area contributed by atoms with Gasteiger partial charge in [0.1, 0.15) is 0 Å². The fourth-order valence-electron chi connectivity index (χ4n) is 1.82. The third-order valence-electron chi connectivity index (χ3n) is 2.69. The van der Waals surface area contributed by atoms with E-state index in [9.17, 15) is 8.42 Å². The number of pyridine rings is 1. The molecule has 0 aliphatic heterocycles. The first-order valence-corrected chi connectivity index (χ1v) is 7.56. The van der Waals surface area contributed by atoms with Gasteiger partial charge in [-0.3, -0.25) is 4.98 Å². The van der Waals surface area contributed by atoms with Gasteiger partial charge in [0, 0.05) is 29.5 Å². The smallest absolute Gasteiger partial charge is 0.209 e. The molecule has 0 atom stereocenters. The number of hydrogen-bond donors (Lipinski definition) is 3. The number of nitrogens with one attached hydrogen (secondary N) is 1. The minimum atomic E-state index is -3.40. The lowest BCUT2D eigenvalue weighted by atomic mass is 10.1. The molecule has 0 bridgehead atoms. The van der Waals surface area contributed by atoms with Crippen LogP contribution in [0.25, 0.3) is 10.9 Å². The first kappa shape index (κ1) is 13.6. The first-order chi connectivity index (χ1) is 8.96. The van der Waals surface area contributed by atoms with Gasteiger partial charge in [-0.25, -0.2) is 13.6 Å². The predicted octanol–water partition coefficient (Wildman–Crippen LogP) is 0.907. The topological polar surface area (TPSA) is 111 Å².